The Morgan fingerprint density at radius 1 is 1.10 bits per heavy atom. The van der Waals surface area contributed by atoms with Gasteiger partial charge in [0.1, 0.15) is 6.04 Å². The summed E-state index contributed by atoms with van der Waals surface area (Å²) in [6, 6.07) is 15.7. The molecule has 1 aliphatic heterocycles. The number of urea groups is 1. The van der Waals surface area contributed by atoms with Crippen molar-refractivity contribution in [1.82, 2.24) is 9.80 Å². The molecular weight excluding hydrogens is 396 g/mol. The van der Waals surface area contributed by atoms with E-state index in [0.717, 1.165) is 16.7 Å². The summed E-state index contributed by atoms with van der Waals surface area (Å²) in [7, 11) is 1.60. The third kappa shape index (κ3) is 5.42. The summed E-state index contributed by atoms with van der Waals surface area (Å²) in [5, 5.41) is 9.71. The Kier molecular flexibility index (Phi) is 7.28. The number of aliphatic carboxylic acids is 1. The molecule has 7 nitrogen and oxygen atoms in total. The zero-order valence-electron chi connectivity index (χ0n) is 17.9. The van der Waals surface area contributed by atoms with E-state index in [0.29, 0.717) is 6.42 Å². The predicted molar refractivity (Wildman–Crippen MR) is 115 cm³/mol. The summed E-state index contributed by atoms with van der Waals surface area (Å²) in [6.45, 7) is 2.36. The lowest BCUT2D eigenvalue weighted by Crippen LogP contribution is -2.53. The molecule has 1 N–H and O–H groups in total. The van der Waals surface area contributed by atoms with Crippen LogP contribution in [0, 0.1) is 5.92 Å². The zero-order chi connectivity index (χ0) is 22.4. The van der Waals surface area contributed by atoms with Gasteiger partial charge in [0.25, 0.3) is 0 Å². The van der Waals surface area contributed by atoms with Crippen LogP contribution in [0.15, 0.2) is 54.6 Å². The Balaban J connectivity index is 1.77. The molecule has 3 rings (SSSR count). The van der Waals surface area contributed by atoms with Gasteiger partial charge in [-0.05, 0) is 30.0 Å². The topological polar surface area (TPSA) is 87.2 Å². The van der Waals surface area contributed by atoms with E-state index >= 15 is 0 Å². The van der Waals surface area contributed by atoms with Gasteiger partial charge in [-0.1, -0.05) is 54.6 Å². The molecule has 7 heteroatoms. The maximum Gasteiger partial charge on any atom is 0.326 e. The minimum absolute atomic E-state index is 0.136. The van der Waals surface area contributed by atoms with Crippen LogP contribution in [-0.2, 0) is 33.7 Å². The van der Waals surface area contributed by atoms with Crippen LogP contribution >= 0.6 is 0 Å². The van der Waals surface area contributed by atoms with Crippen LogP contribution < -0.4 is 0 Å². The molecule has 0 bridgehead atoms. The van der Waals surface area contributed by atoms with Gasteiger partial charge in [0.05, 0.1) is 12.5 Å². The molecule has 2 amide bonds. The van der Waals surface area contributed by atoms with Crippen LogP contribution in [0.5, 0.6) is 0 Å². The van der Waals surface area contributed by atoms with Gasteiger partial charge in [0, 0.05) is 26.6 Å². The van der Waals surface area contributed by atoms with E-state index in [9.17, 15) is 19.5 Å². The first-order valence-corrected chi connectivity index (χ1v) is 10.4. The maximum atomic E-state index is 13.2. The average Bonchev–Trinajstić information content (AvgIpc) is 2.78. The lowest BCUT2D eigenvalue weighted by molar-refractivity contribution is -0.148. The summed E-state index contributed by atoms with van der Waals surface area (Å²) < 4.78 is 5.22. The molecule has 1 unspecified atom stereocenters. The number of nitrogens with zero attached hydrogens (tertiary/aromatic N) is 2. The van der Waals surface area contributed by atoms with Crippen molar-refractivity contribution in [2.75, 3.05) is 20.2 Å². The van der Waals surface area contributed by atoms with Crippen molar-refractivity contribution in [2.45, 2.75) is 32.4 Å². The number of carbonyl (C=O) groups is 3. The van der Waals surface area contributed by atoms with Crippen LogP contribution in [0.2, 0.25) is 0 Å². The highest BCUT2D eigenvalue weighted by Gasteiger charge is 2.36. The molecule has 2 atom stereocenters. The number of ether oxygens (including phenoxy) is 1. The molecule has 2 aromatic carbocycles. The van der Waals surface area contributed by atoms with Crippen LogP contribution in [0.25, 0.3) is 0 Å². The highest BCUT2D eigenvalue weighted by Crippen LogP contribution is 2.25. The molecule has 31 heavy (non-hydrogen) atoms. The number of carboxylic acid groups (broad SMARTS) is 1. The van der Waals surface area contributed by atoms with Crippen molar-refractivity contribution in [3.8, 4) is 0 Å². The molecule has 0 fully saturated rings. The number of esters is 1. The number of carbonyl (C=O) groups excluding carboxylic acids is 2. The number of benzene rings is 2. The molecule has 0 aliphatic carbocycles. The van der Waals surface area contributed by atoms with Crippen LogP contribution in [0.1, 0.15) is 23.6 Å². The molecule has 0 aromatic heterocycles. The molecule has 1 aliphatic rings. The van der Waals surface area contributed by atoms with Crippen LogP contribution in [-0.4, -0.2) is 59.1 Å². The van der Waals surface area contributed by atoms with E-state index in [1.807, 2.05) is 54.6 Å². The van der Waals surface area contributed by atoms with E-state index in [2.05, 4.69) is 0 Å². The number of fused-ring (bicyclic) bond motifs is 1. The monoisotopic (exact) mass is 424 g/mol. The van der Waals surface area contributed by atoms with Gasteiger partial charge in [0.2, 0.25) is 0 Å². The van der Waals surface area contributed by atoms with Crippen LogP contribution in [0.3, 0.4) is 0 Å². The first kappa shape index (κ1) is 22.3. The standard InChI is InChI=1S/C24H28N2O5/c1-3-31-23(29)20(13-17-9-5-4-6-10-17)15-25(2)24(30)26-16-19-12-8-7-11-18(19)14-21(26)22(27)28/h4-12,20-21H,3,13-16H2,1-2H3,(H,27,28)/t20?,21-/m0/s1. The van der Waals surface area contributed by atoms with E-state index in [1.54, 1.807) is 14.0 Å². The molecule has 0 spiro atoms. The van der Waals surface area contributed by atoms with Crippen LogP contribution in [0.4, 0.5) is 4.79 Å². The third-order valence-corrected chi connectivity index (χ3v) is 5.54. The summed E-state index contributed by atoms with van der Waals surface area (Å²) in [5.41, 5.74) is 2.85. The molecular formula is C24H28N2O5. The van der Waals surface area contributed by atoms with Gasteiger partial charge in [-0.25, -0.2) is 9.59 Å². The van der Waals surface area contributed by atoms with Crippen molar-refractivity contribution in [3.05, 3.63) is 71.3 Å². The largest absolute Gasteiger partial charge is 0.480 e. The van der Waals surface area contributed by atoms with E-state index in [4.69, 9.17) is 4.74 Å². The molecule has 164 valence electrons. The summed E-state index contributed by atoms with van der Waals surface area (Å²) in [5.74, 6) is -1.95. The molecule has 2 aromatic rings. The van der Waals surface area contributed by atoms with E-state index < -0.39 is 24.0 Å². The second-order valence-electron chi connectivity index (χ2n) is 7.76. The van der Waals surface area contributed by atoms with Gasteiger partial charge >= 0.3 is 18.0 Å². The summed E-state index contributed by atoms with van der Waals surface area (Å²) in [6.07, 6.45) is 0.693. The highest BCUT2D eigenvalue weighted by atomic mass is 16.5. The van der Waals surface area contributed by atoms with Gasteiger partial charge < -0.3 is 19.6 Å². The van der Waals surface area contributed by atoms with Gasteiger partial charge in [-0.3, -0.25) is 4.79 Å². The van der Waals surface area contributed by atoms with Crippen molar-refractivity contribution >= 4 is 18.0 Å². The Morgan fingerprint density at radius 3 is 2.39 bits per heavy atom. The molecule has 1 heterocycles. The first-order chi connectivity index (χ1) is 14.9. The molecule has 0 radical (unpaired) electrons. The number of hydrogen-bond donors (Lipinski definition) is 1. The normalized spacial score (nSPS) is 16.2. The zero-order valence-corrected chi connectivity index (χ0v) is 17.9. The Hall–Kier alpha value is -3.35. The lowest BCUT2D eigenvalue weighted by Gasteiger charge is -2.37. The van der Waals surface area contributed by atoms with Crippen molar-refractivity contribution in [1.29, 1.82) is 0 Å². The smallest absolute Gasteiger partial charge is 0.326 e. The minimum Gasteiger partial charge on any atom is -0.480 e. The number of amides is 2. The number of rotatable bonds is 7. The van der Waals surface area contributed by atoms with Gasteiger partial charge in [0.15, 0.2) is 0 Å². The number of carboxylic acids is 1. The first-order valence-electron chi connectivity index (χ1n) is 10.4. The fourth-order valence-electron chi connectivity index (χ4n) is 3.95. The second-order valence-corrected chi connectivity index (χ2v) is 7.76. The maximum absolute atomic E-state index is 13.2. The Bertz CT molecular complexity index is 931. The SMILES string of the molecule is CCOC(=O)C(Cc1ccccc1)CN(C)C(=O)N1Cc2ccccc2C[C@H]1C(=O)O. The lowest BCUT2D eigenvalue weighted by atomic mass is 9.94. The van der Waals surface area contributed by atoms with Crippen molar-refractivity contribution in [2.24, 2.45) is 5.92 Å². The summed E-state index contributed by atoms with van der Waals surface area (Å²) >= 11 is 0. The van der Waals surface area contributed by atoms with E-state index in [-0.39, 0.29) is 32.1 Å². The Labute approximate surface area is 182 Å². The van der Waals surface area contributed by atoms with Gasteiger partial charge in [-0.2, -0.15) is 0 Å². The second kappa shape index (κ2) is 10.1. The van der Waals surface area contributed by atoms with Crippen molar-refractivity contribution in [3.63, 3.8) is 0 Å². The van der Waals surface area contributed by atoms with Crippen molar-refractivity contribution < 1.29 is 24.2 Å². The number of hydrogen-bond acceptors (Lipinski definition) is 4. The Morgan fingerprint density at radius 2 is 1.74 bits per heavy atom. The fraction of sp³-hybridized carbons (Fsp3) is 0.375. The average molecular weight is 424 g/mol. The molecule has 0 saturated carbocycles. The fourth-order valence-corrected chi connectivity index (χ4v) is 3.95. The highest BCUT2D eigenvalue weighted by molar-refractivity contribution is 5.84. The summed E-state index contributed by atoms with van der Waals surface area (Å²) in [4.78, 5) is 40.4. The van der Waals surface area contributed by atoms with E-state index in [1.165, 1.54) is 9.80 Å². The molecule has 0 saturated heterocycles. The third-order valence-electron chi connectivity index (χ3n) is 5.54. The predicted octanol–water partition coefficient (Wildman–Crippen LogP) is 2.97. The van der Waals surface area contributed by atoms with Gasteiger partial charge in [-0.15, -0.1) is 0 Å². The quantitative estimate of drug-likeness (QED) is 0.691. The minimum atomic E-state index is -1.04.